The third-order valence-corrected chi connectivity index (χ3v) is 5.16. The first-order valence-electron chi connectivity index (χ1n) is 8.97. The highest BCUT2D eigenvalue weighted by atomic mass is 79.9. The molecule has 1 aromatic carbocycles. The van der Waals surface area contributed by atoms with E-state index < -0.39 is 0 Å². The molecule has 0 aliphatic carbocycles. The van der Waals surface area contributed by atoms with Crippen molar-refractivity contribution in [2.24, 2.45) is 17.3 Å². The summed E-state index contributed by atoms with van der Waals surface area (Å²) in [6, 6.07) is 6.52. The number of benzene rings is 1. The predicted octanol–water partition coefficient (Wildman–Crippen LogP) is 1.80. The number of anilines is 1. The van der Waals surface area contributed by atoms with Gasteiger partial charge in [0.05, 0.1) is 32.2 Å². The van der Waals surface area contributed by atoms with Crippen LogP contribution in [0.5, 0.6) is 0 Å². The lowest BCUT2D eigenvalue weighted by molar-refractivity contribution is -0.894. The third kappa shape index (κ3) is 6.59. The molecule has 0 fully saturated rings. The highest BCUT2D eigenvalue weighted by Gasteiger charge is 2.19. The zero-order valence-corrected chi connectivity index (χ0v) is 19.4. The SMILES string of the molecule is CCN(CCC(C)[N+](C)(C)C)c1ccc(N=Nc2nccn2C)c(Cl)c1.[Br-]. The van der Waals surface area contributed by atoms with Crippen LogP contribution in [0, 0.1) is 0 Å². The molecule has 0 saturated carbocycles. The van der Waals surface area contributed by atoms with E-state index >= 15 is 0 Å². The number of aromatic nitrogens is 2. The highest BCUT2D eigenvalue weighted by Crippen LogP contribution is 2.31. The van der Waals surface area contributed by atoms with Gasteiger partial charge in [-0.05, 0) is 32.0 Å². The van der Waals surface area contributed by atoms with Crippen molar-refractivity contribution >= 4 is 28.9 Å². The van der Waals surface area contributed by atoms with Gasteiger partial charge >= 0.3 is 0 Å². The fraction of sp³-hybridized carbons (Fsp3) is 0.526. The minimum Gasteiger partial charge on any atom is -1.00 e. The topological polar surface area (TPSA) is 45.8 Å². The van der Waals surface area contributed by atoms with Crippen molar-refractivity contribution in [1.29, 1.82) is 0 Å². The first-order valence-corrected chi connectivity index (χ1v) is 9.34. The van der Waals surface area contributed by atoms with Crippen molar-refractivity contribution in [2.45, 2.75) is 26.3 Å². The van der Waals surface area contributed by atoms with Crippen molar-refractivity contribution in [3.63, 3.8) is 0 Å². The molecule has 2 aromatic rings. The first-order chi connectivity index (χ1) is 12.2. The van der Waals surface area contributed by atoms with Crippen molar-refractivity contribution in [1.82, 2.24) is 9.55 Å². The van der Waals surface area contributed by atoms with Crippen molar-refractivity contribution < 1.29 is 21.5 Å². The van der Waals surface area contributed by atoms with Crippen LogP contribution in [0.2, 0.25) is 5.02 Å². The lowest BCUT2D eigenvalue weighted by Gasteiger charge is -2.33. The second-order valence-electron chi connectivity index (χ2n) is 7.51. The molecule has 8 heteroatoms. The van der Waals surface area contributed by atoms with Gasteiger partial charge in [0.2, 0.25) is 5.95 Å². The number of aryl methyl sites for hydroxylation is 1. The molecule has 0 aliphatic heterocycles. The summed E-state index contributed by atoms with van der Waals surface area (Å²) in [7, 11) is 8.58. The Balaban J connectivity index is 0.00000364. The van der Waals surface area contributed by atoms with E-state index in [-0.39, 0.29) is 17.0 Å². The van der Waals surface area contributed by atoms with E-state index in [2.05, 4.69) is 61.2 Å². The van der Waals surface area contributed by atoms with Gasteiger partial charge in [0, 0.05) is 44.6 Å². The lowest BCUT2D eigenvalue weighted by atomic mass is 10.1. The summed E-state index contributed by atoms with van der Waals surface area (Å²) >= 11 is 6.43. The summed E-state index contributed by atoms with van der Waals surface area (Å²) in [4.78, 5) is 6.47. The molecule has 27 heavy (non-hydrogen) atoms. The number of rotatable bonds is 8. The van der Waals surface area contributed by atoms with Gasteiger partial charge in [0.25, 0.3) is 0 Å². The highest BCUT2D eigenvalue weighted by molar-refractivity contribution is 6.33. The monoisotopic (exact) mass is 456 g/mol. The lowest BCUT2D eigenvalue weighted by Crippen LogP contribution is -3.00. The number of hydrogen-bond donors (Lipinski definition) is 0. The third-order valence-electron chi connectivity index (χ3n) is 4.86. The van der Waals surface area contributed by atoms with Crippen molar-refractivity contribution in [3.05, 3.63) is 35.6 Å². The van der Waals surface area contributed by atoms with E-state index in [0.717, 1.165) is 29.7 Å². The maximum absolute atomic E-state index is 6.43. The summed E-state index contributed by atoms with van der Waals surface area (Å²) < 4.78 is 2.77. The molecule has 1 heterocycles. The zero-order valence-electron chi connectivity index (χ0n) is 17.0. The van der Waals surface area contributed by atoms with Gasteiger partial charge in [0.1, 0.15) is 5.69 Å². The van der Waals surface area contributed by atoms with Crippen molar-refractivity contribution in [2.75, 3.05) is 39.1 Å². The number of imidazole rings is 1. The molecule has 1 atom stereocenters. The van der Waals surface area contributed by atoms with Gasteiger partial charge in [-0.1, -0.05) is 11.6 Å². The Morgan fingerprint density at radius 1 is 1.26 bits per heavy atom. The minimum absolute atomic E-state index is 0. The fourth-order valence-corrected chi connectivity index (χ4v) is 2.74. The van der Waals surface area contributed by atoms with Gasteiger partial charge < -0.3 is 30.9 Å². The van der Waals surface area contributed by atoms with Crippen LogP contribution in [0.25, 0.3) is 0 Å². The molecular weight excluding hydrogens is 428 g/mol. The van der Waals surface area contributed by atoms with E-state index in [1.807, 2.05) is 25.4 Å². The summed E-state index contributed by atoms with van der Waals surface area (Å²) in [5.74, 6) is 0.551. The summed E-state index contributed by atoms with van der Waals surface area (Å²) in [5.41, 5.74) is 1.76. The van der Waals surface area contributed by atoms with Crippen LogP contribution < -0.4 is 21.9 Å². The van der Waals surface area contributed by atoms with Gasteiger partial charge in [-0.3, -0.25) is 0 Å². The number of hydrogen-bond acceptors (Lipinski definition) is 4. The zero-order chi connectivity index (χ0) is 19.3. The fourth-order valence-electron chi connectivity index (χ4n) is 2.53. The molecular formula is C19H30BrClN6. The Bertz CT molecular complexity index is 753. The van der Waals surface area contributed by atoms with Crippen LogP contribution in [0.3, 0.4) is 0 Å². The smallest absolute Gasteiger partial charge is 0.249 e. The Hall–Kier alpha value is -1.44. The quantitative estimate of drug-likeness (QED) is 0.448. The summed E-state index contributed by atoms with van der Waals surface area (Å²) in [6.07, 6.45) is 4.64. The van der Waals surface area contributed by atoms with Crippen LogP contribution in [0.15, 0.2) is 40.8 Å². The van der Waals surface area contributed by atoms with E-state index in [1.54, 1.807) is 10.8 Å². The Morgan fingerprint density at radius 2 is 1.96 bits per heavy atom. The first kappa shape index (κ1) is 23.6. The second-order valence-corrected chi connectivity index (χ2v) is 7.91. The number of azo groups is 1. The molecule has 2 rings (SSSR count). The predicted molar refractivity (Wildman–Crippen MR) is 109 cm³/mol. The second kappa shape index (κ2) is 10.2. The number of quaternary nitrogens is 1. The standard InChI is InChI=1S/C19H30ClN6.BrH/c1-7-25(12-10-15(2)26(4,5)6)16-8-9-18(17(20)14-16)22-23-19-21-11-13-24(19)3;/h8-9,11,13-15H,7,10,12H2,1-6H3;1H/q+1;/p-1. The van der Waals surface area contributed by atoms with Crippen LogP contribution >= 0.6 is 11.6 Å². The maximum Gasteiger partial charge on any atom is 0.249 e. The van der Waals surface area contributed by atoms with Crippen LogP contribution in [0.1, 0.15) is 20.3 Å². The Morgan fingerprint density at radius 3 is 2.48 bits per heavy atom. The van der Waals surface area contributed by atoms with E-state index in [9.17, 15) is 0 Å². The molecule has 0 saturated heterocycles. The average molecular weight is 458 g/mol. The van der Waals surface area contributed by atoms with E-state index in [4.69, 9.17) is 11.6 Å². The maximum atomic E-state index is 6.43. The molecule has 1 unspecified atom stereocenters. The minimum atomic E-state index is 0. The largest absolute Gasteiger partial charge is 1.00 e. The van der Waals surface area contributed by atoms with Gasteiger partial charge in [-0.15, -0.1) is 10.2 Å². The molecule has 1 aromatic heterocycles. The summed E-state index contributed by atoms with van der Waals surface area (Å²) in [5, 5.41) is 8.98. The molecule has 150 valence electrons. The molecule has 0 bridgehead atoms. The molecule has 0 radical (unpaired) electrons. The molecule has 0 N–H and O–H groups in total. The van der Waals surface area contributed by atoms with Crippen LogP contribution in [-0.2, 0) is 7.05 Å². The Kier molecular flexibility index (Phi) is 8.91. The normalized spacial score (nSPS) is 12.9. The molecule has 6 nitrogen and oxygen atoms in total. The van der Waals surface area contributed by atoms with Crippen LogP contribution in [-0.4, -0.2) is 54.3 Å². The molecule has 0 amide bonds. The van der Waals surface area contributed by atoms with Gasteiger partial charge in [-0.25, -0.2) is 4.98 Å². The summed E-state index contributed by atoms with van der Waals surface area (Å²) in [6.45, 7) is 6.40. The van der Waals surface area contributed by atoms with Gasteiger partial charge in [-0.2, -0.15) is 0 Å². The number of nitrogens with zero attached hydrogens (tertiary/aromatic N) is 6. The molecule has 0 spiro atoms. The van der Waals surface area contributed by atoms with E-state index in [0.29, 0.717) is 22.7 Å². The van der Waals surface area contributed by atoms with E-state index in [1.165, 1.54) is 0 Å². The number of halogens is 2. The van der Waals surface area contributed by atoms with Crippen LogP contribution in [0.4, 0.5) is 17.3 Å². The van der Waals surface area contributed by atoms with Gasteiger partial charge in [0.15, 0.2) is 0 Å². The molecule has 0 aliphatic rings. The van der Waals surface area contributed by atoms with Crippen molar-refractivity contribution in [3.8, 4) is 0 Å². The Labute approximate surface area is 178 Å². The average Bonchev–Trinajstić information content (AvgIpc) is 2.98.